The first kappa shape index (κ1) is 16.7. The molecule has 1 saturated heterocycles. The second-order valence-electron chi connectivity index (χ2n) is 6.21. The van der Waals surface area contributed by atoms with Crippen LogP contribution in [0.25, 0.3) is 0 Å². The van der Waals surface area contributed by atoms with Crippen molar-refractivity contribution >= 4 is 11.7 Å². The van der Waals surface area contributed by atoms with E-state index in [2.05, 4.69) is 20.5 Å². The number of nitrogens with zero attached hydrogens (tertiary/aromatic N) is 4. The third-order valence-corrected chi connectivity index (χ3v) is 3.97. The molecule has 2 aromatic heterocycles. The van der Waals surface area contributed by atoms with Crippen molar-refractivity contribution in [3.63, 3.8) is 0 Å². The zero-order valence-electron chi connectivity index (χ0n) is 14.3. The molecule has 8 nitrogen and oxygen atoms in total. The highest BCUT2D eigenvalue weighted by Crippen LogP contribution is 2.11. The lowest BCUT2D eigenvalue weighted by atomic mass is 10.2. The molecule has 0 aromatic carbocycles. The van der Waals surface area contributed by atoms with Crippen LogP contribution in [0.4, 0.5) is 5.82 Å². The first-order chi connectivity index (χ1) is 11.5. The van der Waals surface area contributed by atoms with Crippen LogP contribution in [0.5, 0.6) is 0 Å². The van der Waals surface area contributed by atoms with Gasteiger partial charge >= 0.3 is 0 Å². The standard InChI is InChI=1S/C16H23N5O3/c1-11-6-12(2)21(18-11)9-14-8-20(4-5-23-14)10-16(22)17-15-7-13(3)24-19-15/h6-7,14H,4-5,8-10H2,1-3H3,(H,17,19,22). The molecule has 1 unspecified atom stereocenters. The van der Waals surface area contributed by atoms with E-state index in [0.717, 1.165) is 17.9 Å². The summed E-state index contributed by atoms with van der Waals surface area (Å²) in [6.45, 7) is 8.85. The van der Waals surface area contributed by atoms with Gasteiger partial charge in [0, 0.05) is 24.8 Å². The van der Waals surface area contributed by atoms with Crippen LogP contribution in [0.1, 0.15) is 17.1 Å². The summed E-state index contributed by atoms with van der Waals surface area (Å²) in [5, 5.41) is 11.0. The molecule has 3 heterocycles. The van der Waals surface area contributed by atoms with Gasteiger partial charge in [-0.1, -0.05) is 5.16 Å². The Bertz CT molecular complexity index is 708. The van der Waals surface area contributed by atoms with E-state index < -0.39 is 0 Å². The van der Waals surface area contributed by atoms with Crippen LogP contribution in [-0.2, 0) is 16.1 Å². The van der Waals surface area contributed by atoms with Gasteiger partial charge in [-0.2, -0.15) is 5.10 Å². The maximum absolute atomic E-state index is 12.1. The number of carbonyl (C=O) groups excluding carboxylic acids is 1. The van der Waals surface area contributed by atoms with Crippen LogP contribution in [0, 0.1) is 20.8 Å². The van der Waals surface area contributed by atoms with Crippen LogP contribution >= 0.6 is 0 Å². The highest BCUT2D eigenvalue weighted by Gasteiger charge is 2.23. The second-order valence-corrected chi connectivity index (χ2v) is 6.21. The zero-order valence-corrected chi connectivity index (χ0v) is 14.3. The molecular weight excluding hydrogens is 310 g/mol. The molecular formula is C16H23N5O3. The topological polar surface area (TPSA) is 85.4 Å². The molecule has 1 fully saturated rings. The molecule has 0 radical (unpaired) electrons. The maximum atomic E-state index is 12.1. The Hall–Kier alpha value is -2.19. The fraction of sp³-hybridized carbons (Fsp3) is 0.562. The van der Waals surface area contributed by atoms with Gasteiger partial charge in [0.1, 0.15) is 5.76 Å². The molecule has 0 aliphatic carbocycles. The van der Waals surface area contributed by atoms with Crippen molar-refractivity contribution in [2.45, 2.75) is 33.4 Å². The fourth-order valence-corrected chi connectivity index (χ4v) is 2.90. The maximum Gasteiger partial charge on any atom is 0.239 e. The van der Waals surface area contributed by atoms with E-state index in [1.807, 2.05) is 24.6 Å². The lowest BCUT2D eigenvalue weighted by molar-refractivity contribution is -0.119. The van der Waals surface area contributed by atoms with E-state index >= 15 is 0 Å². The van der Waals surface area contributed by atoms with Crippen molar-refractivity contribution in [3.8, 4) is 0 Å². The number of amides is 1. The van der Waals surface area contributed by atoms with Crippen LogP contribution in [0.2, 0.25) is 0 Å². The number of anilines is 1. The molecule has 1 aliphatic heterocycles. The molecule has 1 atom stereocenters. The summed E-state index contributed by atoms with van der Waals surface area (Å²) in [5.74, 6) is 1.02. The summed E-state index contributed by atoms with van der Waals surface area (Å²) in [6, 6.07) is 3.75. The predicted octanol–water partition coefficient (Wildman–Crippen LogP) is 1.14. The second kappa shape index (κ2) is 7.14. The van der Waals surface area contributed by atoms with Crippen molar-refractivity contribution in [2.24, 2.45) is 0 Å². The van der Waals surface area contributed by atoms with E-state index in [9.17, 15) is 4.79 Å². The van der Waals surface area contributed by atoms with Crippen molar-refractivity contribution in [1.82, 2.24) is 19.8 Å². The SMILES string of the molecule is Cc1cc(C)n(CC2CN(CC(=O)Nc3cc(C)on3)CCO2)n1. The average molecular weight is 333 g/mol. The molecule has 1 aliphatic rings. The van der Waals surface area contributed by atoms with Gasteiger partial charge < -0.3 is 14.6 Å². The molecule has 8 heteroatoms. The monoisotopic (exact) mass is 333 g/mol. The molecule has 130 valence electrons. The van der Waals surface area contributed by atoms with E-state index in [1.165, 1.54) is 0 Å². The Labute approximate surface area is 140 Å². The van der Waals surface area contributed by atoms with Gasteiger partial charge in [0.2, 0.25) is 5.91 Å². The van der Waals surface area contributed by atoms with Crippen molar-refractivity contribution < 1.29 is 14.1 Å². The number of nitrogens with one attached hydrogen (secondary N) is 1. The van der Waals surface area contributed by atoms with Crippen molar-refractivity contribution in [3.05, 3.63) is 29.3 Å². The number of aryl methyl sites for hydroxylation is 3. The molecule has 2 aromatic rings. The van der Waals surface area contributed by atoms with Gasteiger partial charge in [-0.25, -0.2) is 0 Å². The summed E-state index contributed by atoms with van der Waals surface area (Å²) in [5.41, 5.74) is 2.12. The molecule has 0 saturated carbocycles. The molecule has 1 amide bonds. The summed E-state index contributed by atoms with van der Waals surface area (Å²) in [4.78, 5) is 14.2. The summed E-state index contributed by atoms with van der Waals surface area (Å²) < 4.78 is 12.7. The Morgan fingerprint density at radius 2 is 2.21 bits per heavy atom. The summed E-state index contributed by atoms with van der Waals surface area (Å²) in [7, 11) is 0. The smallest absolute Gasteiger partial charge is 0.239 e. The van der Waals surface area contributed by atoms with E-state index in [0.29, 0.717) is 37.8 Å². The average Bonchev–Trinajstić information content (AvgIpc) is 3.05. The third kappa shape index (κ3) is 4.21. The highest BCUT2D eigenvalue weighted by atomic mass is 16.5. The Morgan fingerprint density at radius 3 is 2.88 bits per heavy atom. The number of aromatic nitrogens is 3. The lowest BCUT2D eigenvalue weighted by Gasteiger charge is -2.32. The number of hydrogen-bond acceptors (Lipinski definition) is 6. The van der Waals surface area contributed by atoms with Crippen LogP contribution < -0.4 is 5.32 Å². The van der Waals surface area contributed by atoms with E-state index in [1.54, 1.807) is 13.0 Å². The minimum absolute atomic E-state index is 0.0267. The van der Waals surface area contributed by atoms with Gasteiger partial charge in [-0.3, -0.25) is 14.4 Å². The van der Waals surface area contributed by atoms with Crippen molar-refractivity contribution in [2.75, 3.05) is 31.6 Å². The molecule has 0 spiro atoms. The fourth-order valence-electron chi connectivity index (χ4n) is 2.90. The first-order valence-corrected chi connectivity index (χ1v) is 8.08. The first-order valence-electron chi connectivity index (χ1n) is 8.08. The predicted molar refractivity (Wildman–Crippen MR) is 87.8 cm³/mol. The number of carbonyl (C=O) groups is 1. The summed E-state index contributed by atoms with van der Waals surface area (Å²) in [6.07, 6.45) is 0.0267. The van der Waals surface area contributed by atoms with Gasteiger partial charge in [0.15, 0.2) is 5.82 Å². The minimum Gasteiger partial charge on any atom is -0.374 e. The van der Waals surface area contributed by atoms with E-state index in [-0.39, 0.29) is 12.0 Å². The van der Waals surface area contributed by atoms with Crippen LogP contribution in [-0.4, -0.2) is 58.1 Å². The van der Waals surface area contributed by atoms with Gasteiger partial charge in [-0.15, -0.1) is 0 Å². The number of ether oxygens (including phenoxy) is 1. The zero-order chi connectivity index (χ0) is 17.1. The number of morpholine rings is 1. The molecule has 3 rings (SSSR count). The van der Waals surface area contributed by atoms with Gasteiger partial charge in [0.05, 0.1) is 31.5 Å². The quantitative estimate of drug-likeness (QED) is 0.883. The lowest BCUT2D eigenvalue weighted by Crippen LogP contribution is -2.47. The van der Waals surface area contributed by atoms with Gasteiger partial charge in [-0.05, 0) is 26.8 Å². The normalized spacial score (nSPS) is 18.7. The number of hydrogen-bond donors (Lipinski definition) is 1. The third-order valence-electron chi connectivity index (χ3n) is 3.97. The Morgan fingerprint density at radius 1 is 1.38 bits per heavy atom. The number of rotatable bonds is 5. The minimum atomic E-state index is -0.102. The molecule has 24 heavy (non-hydrogen) atoms. The van der Waals surface area contributed by atoms with Crippen LogP contribution in [0.3, 0.4) is 0 Å². The van der Waals surface area contributed by atoms with Crippen molar-refractivity contribution in [1.29, 1.82) is 0 Å². The largest absolute Gasteiger partial charge is 0.374 e. The van der Waals surface area contributed by atoms with E-state index in [4.69, 9.17) is 9.26 Å². The highest BCUT2D eigenvalue weighted by molar-refractivity contribution is 5.91. The molecule has 1 N–H and O–H groups in total. The Kier molecular flexibility index (Phi) is 4.96. The summed E-state index contributed by atoms with van der Waals surface area (Å²) >= 11 is 0. The van der Waals surface area contributed by atoms with Crippen LogP contribution in [0.15, 0.2) is 16.7 Å². The Balaban J connectivity index is 1.51. The van der Waals surface area contributed by atoms with Gasteiger partial charge in [0.25, 0.3) is 0 Å². The molecule has 0 bridgehead atoms.